The predicted molar refractivity (Wildman–Crippen MR) is 145 cm³/mol. The van der Waals surface area contributed by atoms with Gasteiger partial charge < -0.3 is 9.73 Å². The Bertz CT molecular complexity index is 1480. The van der Waals surface area contributed by atoms with E-state index in [0.29, 0.717) is 17.8 Å². The lowest BCUT2D eigenvalue weighted by atomic mass is 10.00. The van der Waals surface area contributed by atoms with E-state index in [1.807, 2.05) is 19.1 Å². The zero-order valence-corrected chi connectivity index (χ0v) is 20.3. The van der Waals surface area contributed by atoms with Crippen molar-refractivity contribution in [3.05, 3.63) is 54.0 Å². The fourth-order valence-corrected chi connectivity index (χ4v) is 4.74. The van der Waals surface area contributed by atoms with E-state index < -0.39 is 0 Å². The van der Waals surface area contributed by atoms with Gasteiger partial charge in [-0.3, -0.25) is 14.7 Å². The number of benzene rings is 1. The summed E-state index contributed by atoms with van der Waals surface area (Å²) in [6.45, 7) is 8.49. The van der Waals surface area contributed by atoms with Gasteiger partial charge in [-0.05, 0) is 69.4 Å². The van der Waals surface area contributed by atoms with Crippen molar-refractivity contribution in [3.8, 4) is 11.5 Å². The van der Waals surface area contributed by atoms with Crippen molar-refractivity contribution in [2.75, 3.05) is 18.4 Å². The summed E-state index contributed by atoms with van der Waals surface area (Å²) in [5.74, 6) is 1.20. The fraction of sp³-hybridized carbons (Fsp3) is 0.379. The Kier molecular flexibility index (Phi) is 6.35. The monoisotopic (exact) mass is 483 g/mol. The molecule has 1 saturated carbocycles. The standard InChI is InChI=1S/C28H29N5O2.CH4/c1-16(2)33-10-4-5-20(15-33)19-8-9-25-24(11-19)31-28(35-25)23-14-29-17(3)22-13-30-26(12-21(22)23)32-27(34)18-6-7-18;/h5,8-9,11-14,16,18H,4,6-7,10,15H2,1-3H3,(H,30,32,34);1H4. The van der Waals surface area contributed by atoms with E-state index in [4.69, 9.17) is 9.40 Å². The van der Waals surface area contributed by atoms with Gasteiger partial charge in [0.05, 0.1) is 5.56 Å². The number of aromatic nitrogens is 3. The maximum absolute atomic E-state index is 12.3. The molecule has 1 aliphatic heterocycles. The van der Waals surface area contributed by atoms with Crippen molar-refractivity contribution < 1.29 is 9.21 Å². The van der Waals surface area contributed by atoms with Crippen molar-refractivity contribution in [2.45, 2.75) is 53.5 Å². The third-order valence-corrected chi connectivity index (χ3v) is 7.07. The van der Waals surface area contributed by atoms with E-state index in [1.54, 1.807) is 12.4 Å². The maximum Gasteiger partial charge on any atom is 0.229 e. The molecule has 0 spiro atoms. The largest absolute Gasteiger partial charge is 0.436 e. The molecule has 4 aromatic rings. The summed E-state index contributed by atoms with van der Waals surface area (Å²) in [5.41, 5.74) is 5.74. The van der Waals surface area contributed by atoms with E-state index in [1.165, 1.54) is 11.1 Å². The topological polar surface area (TPSA) is 84.2 Å². The highest BCUT2D eigenvalue weighted by Gasteiger charge is 2.30. The molecular weight excluding hydrogens is 450 g/mol. The number of hydrogen-bond acceptors (Lipinski definition) is 6. The van der Waals surface area contributed by atoms with Crippen LogP contribution in [0.15, 0.2) is 47.2 Å². The molecule has 0 unspecified atom stereocenters. The Morgan fingerprint density at radius 2 is 1.97 bits per heavy atom. The molecule has 1 fully saturated rings. The number of amides is 1. The molecule has 1 N–H and O–H groups in total. The van der Waals surface area contributed by atoms with Gasteiger partial charge in [-0.25, -0.2) is 9.97 Å². The number of fused-ring (bicyclic) bond motifs is 2. The number of rotatable bonds is 5. The molecule has 6 rings (SSSR count). The minimum Gasteiger partial charge on any atom is -0.436 e. The Morgan fingerprint density at radius 1 is 1.14 bits per heavy atom. The van der Waals surface area contributed by atoms with Gasteiger partial charge in [-0.2, -0.15) is 0 Å². The summed E-state index contributed by atoms with van der Waals surface area (Å²) in [4.78, 5) is 28.6. The molecule has 3 aromatic heterocycles. The van der Waals surface area contributed by atoms with E-state index in [9.17, 15) is 4.79 Å². The van der Waals surface area contributed by atoms with Crippen LogP contribution in [0.5, 0.6) is 0 Å². The van der Waals surface area contributed by atoms with Crippen molar-refractivity contribution in [1.82, 2.24) is 19.9 Å². The molecule has 0 atom stereocenters. The first-order valence-corrected chi connectivity index (χ1v) is 12.4. The first-order valence-electron chi connectivity index (χ1n) is 12.4. The van der Waals surface area contributed by atoms with Crippen LogP contribution in [0.3, 0.4) is 0 Å². The van der Waals surface area contributed by atoms with Gasteiger partial charge in [-0.15, -0.1) is 0 Å². The average molecular weight is 484 g/mol. The van der Waals surface area contributed by atoms with Crippen LogP contribution < -0.4 is 5.32 Å². The van der Waals surface area contributed by atoms with Crippen molar-refractivity contribution in [2.24, 2.45) is 5.92 Å². The van der Waals surface area contributed by atoms with Gasteiger partial charge >= 0.3 is 0 Å². The molecule has 2 aliphatic rings. The zero-order valence-electron chi connectivity index (χ0n) is 20.3. The Morgan fingerprint density at radius 3 is 2.75 bits per heavy atom. The van der Waals surface area contributed by atoms with Gasteiger partial charge in [0.1, 0.15) is 11.3 Å². The predicted octanol–water partition coefficient (Wildman–Crippen LogP) is 6.23. The van der Waals surface area contributed by atoms with Crippen LogP contribution in [0.2, 0.25) is 0 Å². The number of anilines is 1. The summed E-state index contributed by atoms with van der Waals surface area (Å²) in [5, 5.41) is 4.77. The summed E-state index contributed by atoms with van der Waals surface area (Å²) in [6.07, 6.45) is 8.85. The highest BCUT2D eigenvalue weighted by molar-refractivity contribution is 6.00. The number of nitrogens with zero attached hydrogens (tertiary/aromatic N) is 4. The number of pyridine rings is 2. The van der Waals surface area contributed by atoms with E-state index in [0.717, 1.165) is 65.5 Å². The molecule has 7 heteroatoms. The molecule has 1 amide bonds. The van der Waals surface area contributed by atoms with Gasteiger partial charge in [0.2, 0.25) is 11.8 Å². The smallest absolute Gasteiger partial charge is 0.229 e. The van der Waals surface area contributed by atoms with E-state index >= 15 is 0 Å². The van der Waals surface area contributed by atoms with Crippen LogP contribution >= 0.6 is 0 Å². The van der Waals surface area contributed by atoms with Crippen LogP contribution in [-0.4, -0.2) is 44.9 Å². The second-order valence-electron chi connectivity index (χ2n) is 9.92. The lowest BCUT2D eigenvalue weighted by Crippen LogP contribution is -2.35. The van der Waals surface area contributed by atoms with Gasteiger partial charge in [0.25, 0.3) is 0 Å². The minimum atomic E-state index is 0. The number of nitrogens with one attached hydrogen (secondary N) is 1. The van der Waals surface area contributed by atoms with Gasteiger partial charge in [-0.1, -0.05) is 19.6 Å². The molecule has 1 aliphatic carbocycles. The van der Waals surface area contributed by atoms with E-state index in [-0.39, 0.29) is 19.3 Å². The number of carbonyl (C=O) groups excluding carboxylic acids is 1. The minimum absolute atomic E-state index is 0. The summed E-state index contributed by atoms with van der Waals surface area (Å²) in [7, 11) is 0. The summed E-state index contributed by atoms with van der Waals surface area (Å²) in [6, 6.07) is 8.66. The highest BCUT2D eigenvalue weighted by atomic mass is 16.3. The van der Waals surface area contributed by atoms with Crippen molar-refractivity contribution >= 4 is 39.2 Å². The molecule has 0 radical (unpaired) electrons. The first kappa shape index (κ1) is 24.1. The lowest BCUT2D eigenvalue weighted by Gasteiger charge is -2.30. The number of hydrogen-bond donors (Lipinski definition) is 1. The van der Waals surface area contributed by atoms with Crippen LogP contribution in [0, 0.1) is 12.8 Å². The second kappa shape index (κ2) is 9.47. The average Bonchev–Trinajstić information content (AvgIpc) is 3.63. The zero-order chi connectivity index (χ0) is 24.1. The number of oxazole rings is 1. The Balaban J connectivity index is 0.00000267. The molecule has 0 saturated heterocycles. The summed E-state index contributed by atoms with van der Waals surface area (Å²) >= 11 is 0. The molecule has 4 heterocycles. The van der Waals surface area contributed by atoms with Crippen LogP contribution in [0.4, 0.5) is 5.82 Å². The van der Waals surface area contributed by atoms with Crippen LogP contribution in [0.25, 0.3) is 38.9 Å². The van der Waals surface area contributed by atoms with Crippen LogP contribution in [-0.2, 0) is 4.79 Å². The summed E-state index contributed by atoms with van der Waals surface area (Å²) < 4.78 is 6.18. The van der Waals surface area contributed by atoms with Gasteiger partial charge in [0, 0.05) is 53.9 Å². The molecular formula is C29H33N5O2. The molecule has 36 heavy (non-hydrogen) atoms. The lowest BCUT2D eigenvalue weighted by molar-refractivity contribution is -0.117. The van der Waals surface area contributed by atoms with Crippen LogP contribution in [0.1, 0.15) is 51.8 Å². The van der Waals surface area contributed by atoms with E-state index in [2.05, 4.69) is 52.2 Å². The fourth-order valence-electron chi connectivity index (χ4n) is 4.74. The molecule has 1 aromatic carbocycles. The molecule has 0 bridgehead atoms. The number of carbonyl (C=O) groups is 1. The Hall–Kier alpha value is -3.58. The Labute approximate surface area is 211 Å². The maximum atomic E-state index is 12.3. The SMILES string of the molecule is C.Cc1ncc(-c2nc3cc(C4=CCCN(C(C)C)C4)ccc3o2)c2cc(NC(=O)C3CC3)ncc12. The van der Waals surface area contributed by atoms with Gasteiger partial charge in [0.15, 0.2) is 5.58 Å². The molecule has 7 nitrogen and oxygen atoms in total. The van der Waals surface area contributed by atoms with Crippen molar-refractivity contribution in [1.29, 1.82) is 0 Å². The first-order chi connectivity index (χ1) is 17.0. The quantitative estimate of drug-likeness (QED) is 0.362. The van der Waals surface area contributed by atoms with Crippen molar-refractivity contribution in [3.63, 3.8) is 0 Å². The normalized spacial score (nSPS) is 16.3. The third kappa shape index (κ3) is 4.51. The molecule has 186 valence electrons. The second-order valence-corrected chi connectivity index (χ2v) is 9.92. The number of aryl methyl sites for hydroxylation is 1. The third-order valence-electron chi connectivity index (χ3n) is 7.07. The highest BCUT2D eigenvalue weighted by Crippen LogP contribution is 2.34.